The normalized spacial score (nSPS) is 10.5. The lowest BCUT2D eigenvalue weighted by Crippen LogP contribution is -2.11. The molecule has 0 saturated heterocycles. The van der Waals surface area contributed by atoms with Gasteiger partial charge >= 0.3 is 0 Å². The van der Waals surface area contributed by atoms with Gasteiger partial charge in [0.1, 0.15) is 10.8 Å². The van der Waals surface area contributed by atoms with E-state index in [9.17, 15) is 4.79 Å². The highest BCUT2D eigenvalue weighted by Crippen LogP contribution is 2.18. The molecule has 0 bridgehead atoms. The van der Waals surface area contributed by atoms with Crippen LogP contribution in [0.4, 0.5) is 5.00 Å². The first-order valence-electron chi connectivity index (χ1n) is 6.06. The highest BCUT2D eigenvalue weighted by molar-refractivity contribution is 7.10. The summed E-state index contributed by atoms with van der Waals surface area (Å²) in [6, 6.07) is 8.94. The van der Waals surface area contributed by atoms with Crippen LogP contribution in [0.5, 0.6) is 5.75 Å². The Morgan fingerprint density at radius 1 is 1.32 bits per heavy atom. The second kappa shape index (κ2) is 5.84. The molecule has 5 heteroatoms. The van der Waals surface area contributed by atoms with Crippen LogP contribution in [-0.2, 0) is 0 Å². The van der Waals surface area contributed by atoms with Crippen molar-refractivity contribution in [3.8, 4) is 5.75 Å². The molecule has 1 aromatic carbocycles. The van der Waals surface area contributed by atoms with E-state index in [2.05, 4.69) is 9.69 Å². The van der Waals surface area contributed by atoms with E-state index in [1.807, 2.05) is 26.8 Å². The predicted molar refractivity (Wildman–Crippen MR) is 77.0 cm³/mol. The summed E-state index contributed by atoms with van der Waals surface area (Å²) in [6.07, 6.45) is 0.125. The van der Waals surface area contributed by atoms with Crippen LogP contribution in [0.2, 0.25) is 0 Å². The minimum absolute atomic E-state index is 0.125. The minimum Gasteiger partial charge on any atom is -0.491 e. The summed E-state index contributed by atoms with van der Waals surface area (Å²) < 4.78 is 9.65. The molecule has 0 atom stereocenters. The van der Waals surface area contributed by atoms with Gasteiger partial charge in [0.25, 0.3) is 5.91 Å². The lowest BCUT2D eigenvalue weighted by Gasteiger charge is -2.09. The number of anilines is 1. The maximum Gasteiger partial charge on any atom is 0.256 e. The van der Waals surface area contributed by atoms with Gasteiger partial charge in [-0.2, -0.15) is 4.37 Å². The molecule has 1 aromatic heterocycles. The molecule has 19 heavy (non-hydrogen) atoms. The zero-order valence-electron chi connectivity index (χ0n) is 11.1. The number of hydrogen-bond acceptors (Lipinski definition) is 4. The van der Waals surface area contributed by atoms with Gasteiger partial charge in [-0.3, -0.25) is 4.79 Å². The number of aryl methyl sites for hydroxylation is 1. The number of nitrogens with one attached hydrogen (secondary N) is 1. The first-order valence-corrected chi connectivity index (χ1v) is 6.83. The van der Waals surface area contributed by atoms with Crippen LogP contribution in [0.15, 0.2) is 30.3 Å². The van der Waals surface area contributed by atoms with Crippen molar-refractivity contribution in [1.29, 1.82) is 0 Å². The van der Waals surface area contributed by atoms with Crippen molar-refractivity contribution in [2.24, 2.45) is 0 Å². The first-order chi connectivity index (χ1) is 9.04. The van der Waals surface area contributed by atoms with E-state index in [-0.39, 0.29) is 12.0 Å². The van der Waals surface area contributed by atoms with E-state index in [1.165, 1.54) is 11.5 Å². The molecule has 1 heterocycles. The largest absolute Gasteiger partial charge is 0.491 e. The third kappa shape index (κ3) is 3.79. The van der Waals surface area contributed by atoms with Gasteiger partial charge in [-0.05, 0) is 62.6 Å². The topological polar surface area (TPSA) is 51.2 Å². The van der Waals surface area contributed by atoms with Crippen LogP contribution >= 0.6 is 11.5 Å². The summed E-state index contributed by atoms with van der Waals surface area (Å²) in [7, 11) is 0. The van der Waals surface area contributed by atoms with Crippen molar-refractivity contribution >= 4 is 22.4 Å². The Morgan fingerprint density at radius 2 is 2.00 bits per heavy atom. The van der Waals surface area contributed by atoms with Gasteiger partial charge in [0.05, 0.1) is 11.8 Å². The third-order valence-electron chi connectivity index (χ3n) is 2.35. The van der Waals surface area contributed by atoms with Crippen LogP contribution in [0.25, 0.3) is 0 Å². The van der Waals surface area contributed by atoms with Crippen LogP contribution < -0.4 is 10.1 Å². The molecule has 2 rings (SSSR count). The number of aromatic nitrogens is 1. The highest BCUT2D eigenvalue weighted by Gasteiger charge is 2.08. The van der Waals surface area contributed by atoms with Crippen LogP contribution in [0.1, 0.15) is 29.9 Å². The van der Waals surface area contributed by atoms with Gasteiger partial charge in [0, 0.05) is 5.56 Å². The van der Waals surface area contributed by atoms with Crippen molar-refractivity contribution in [3.05, 3.63) is 41.6 Å². The molecule has 0 spiro atoms. The SMILES string of the molecule is Cc1cc(NC(=O)c2ccc(OC(C)C)cc2)sn1. The summed E-state index contributed by atoms with van der Waals surface area (Å²) in [6.45, 7) is 5.82. The zero-order valence-corrected chi connectivity index (χ0v) is 12.0. The average molecular weight is 276 g/mol. The van der Waals surface area contributed by atoms with E-state index in [0.29, 0.717) is 5.56 Å². The molecule has 0 unspecified atom stereocenters. The number of carbonyl (C=O) groups excluding carboxylic acids is 1. The van der Waals surface area contributed by atoms with E-state index in [4.69, 9.17) is 4.74 Å². The molecular weight excluding hydrogens is 260 g/mol. The van der Waals surface area contributed by atoms with Crippen LogP contribution in [0.3, 0.4) is 0 Å². The number of nitrogens with zero attached hydrogens (tertiary/aromatic N) is 1. The fourth-order valence-corrected chi connectivity index (χ4v) is 2.22. The highest BCUT2D eigenvalue weighted by atomic mass is 32.1. The minimum atomic E-state index is -0.139. The van der Waals surface area contributed by atoms with Crippen molar-refractivity contribution in [3.63, 3.8) is 0 Å². The number of rotatable bonds is 4. The molecule has 0 aliphatic carbocycles. The zero-order chi connectivity index (χ0) is 13.8. The van der Waals surface area contributed by atoms with Gasteiger partial charge in [0.15, 0.2) is 0 Å². The maximum absolute atomic E-state index is 12.0. The average Bonchev–Trinajstić information content (AvgIpc) is 2.75. The summed E-state index contributed by atoms with van der Waals surface area (Å²) in [5, 5.41) is 3.57. The van der Waals surface area contributed by atoms with Gasteiger partial charge in [0.2, 0.25) is 0 Å². The van der Waals surface area contributed by atoms with Crippen LogP contribution in [0, 0.1) is 6.92 Å². The Bertz CT molecular complexity index is 561. The second-order valence-corrected chi connectivity index (χ2v) is 5.28. The summed E-state index contributed by atoms with van der Waals surface area (Å²) in [5.41, 5.74) is 1.50. The van der Waals surface area contributed by atoms with Crippen molar-refractivity contribution < 1.29 is 9.53 Å². The molecule has 0 aliphatic rings. The molecule has 0 fully saturated rings. The Labute approximate surface area is 116 Å². The smallest absolute Gasteiger partial charge is 0.256 e. The number of hydrogen-bond donors (Lipinski definition) is 1. The fraction of sp³-hybridized carbons (Fsp3) is 0.286. The summed E-state index contributed by atoms with van der Waals surface area (Å²) >= 11 is 1.28. The van der Waals surface area contributed by atoms with E-state index in [0.717, 1.165) is 16.4 Å². The number of amides is 1. The van der Waals surface area contributed by atoms with Crippen molar-refractivity contribution in [2.75, 3.05) is 5.32 Å². The van der Waals surface area contributed by atoms with E-state index < -0.39 is 0 Å². The van der Waals surface area contributed by atoms with Gasteiger partial charge in [-0.1, -0.05) is 0 Å². The third-order valence-corrected chi connectivity index (χ3v) is 3.15. The molecule has 1 N–H and O–H groups in total. The first kappa shape index (κ1) is 13.5. The lowest BCUT2D eigenvalue weighted by molar-refractivity contribution is 0.102. The number of carbonyl (C=O) groups is 1. The van der Waals surface area contributed by atoms with E-state index >= 15 is 0 Å². The van der Waals surface area contributed by atoms with Gasteiger partial charge < -0.3 is 10.1 Å². The summed E-state index contributed by atoms with van der Waals surface area (Å²) in [4.78, 5) is 12.0. The number of benzene rings is 1. The molecular formula is C14H16N2O2S. The Balaban J connectivity index is 2.03. The molecule has 1 amide bonds. The quantitative estimate of drug-likeness (QED) is 0.930. The standard InChI is InChI=1S/C14H16N2O2S/c1-9(2)18-12-6-4-11(5-7-12)14(17)15-13-8-10(3)16-19-13/h4-9H,1-3H3,(H,15,17). The molecule has 4 nitrogen and oxygen atoms in total. The maximum atomic E-state index is 12.0. The Morgan fingerprint density at radius 3 is 2.53 bits per heavy atom. The molecule has 0 aliphatic heterocycles. The molecule has 2 aromatic rings. The van der Waals surface area contributed by atoms with E-state index in [1.54, 1.807) is 24.3 Å². The predicted octanol–water partition coefficient (Wildman–Crippen LogP) is 3.49. The fourth-order valence-electron chi connectivity index (χ4n) is 1.56. The van der Waals surface area contributed by atoms with Crippen LogP contribution in [-0.4, -0.2) is 16.4 Å². The Hall–Kier alpha value is -1.88. The summed E-state index contributed by atoms with van der Waals surface area (Å²) in [5.74, 6) is 0.625. The molecule has 100 valence electrons. The number of ether oxygens (including phenoxy) is 1. The van der Waals surface area contributed by atoms with Crippen molar-refractivity contribution in [1.82, 2.24) is 4.37 Å². The molecule has 0 radical (unpaired) electrons. The lowest BCUT2D eigenvalue weighted by atomic mass is 10.2. The molecule has 0 saturated carbocycles. The van der Waals surface area contributed by atoms with Gasteiger partial charge in [-0.25, -0.2) is 0 Å². The van der Waals surface area contributed by atoms with Crippen molar-refractivity contribution in [2.45, 2.75) is 26.9 Å². The monoisotopic (exact) mass is 276 g/mol. The second-order valence-electron chi connectivity index (χ2n) is 4.48. The Kier molecular flexibility index (Phi) is 4.16. The van der Waals surface area contributed by atoms with Gasteiger partial charge in [-0.15, -0.1) is 0 Å².